The molecule has 1 aliphatic rings. The molecule has 0 bridgehead atoms. The number of carbonyl (C=O) groups is 1. The molecule has 0 aromatic heterocycles. The van der Waals surface area contributed by atoms with Gasteiger partial charge in [0.15, 0.2) is 23.0 Å². The molecule has 0 saturated heterocycles. The number of amides is 1. The summed E-state index contributed by atoms with van der Waals surface area (Å²) in [4.78, 5) is 12.5. The average Bonchev–Trinajstić information content (AvgIpc) is 3.10. The first-order valence-corrected chi connectivity index (χ1v) is 12.4. The molecule has 0 spiro atoms. The molecule has 1 amide bonds. The van der Waals surface area contributed by atoms with Crippen molar-refractivity contribution in [3.8, 4) is 23.0 Å². The van der Waals surface area contributed by atoms with E-state index in [4.69, 9.17) is 18.9 Å². The maximum atomic E-state index is 12.8. The molecule has 3 aromatic carbocycles. The topological polar surface area (TPSA) is 112 Å². The van der Waals surface area contributed by atoms with Gasteiger partial charge in [0.05, 0.1) is 38.7 Å². The number of hydrogen-bond donors (Lipinski definition) is 2. The fourth-order valence-corrected chi connectivity index (χ4v) is 4.60. The highest BCUT2D eigenvalue weighted by molar-refractivity contribution is 7.92. The number of fused-ring (bicyclic) bond motifs is 1. The average molecular weight is 499 g/mol. The number of carbonyl (C=O) groups excluding carboxylic acids is 1. The number of anilines is 2. The minimum Gasteiger partial charge on any atom is -0.493 e. The summed E-state index contributed by atoms with van der Waals surface area (Å²) in [5, 5.41) is 2.80. The number of nitrogens with one attached hydrogen (secondary N) is 2. The van der Waals surface area contributed by atoms with Crippen molar-refractivity contribution in [3.05, 3.63) is 66.2 Å². The summed E-state index contributed by atoms with van der Waals surface area (Å²) in [5.41, 5.74) is 1.66. The van der Waals surface area contributed by atoms with Crippen LogP contribution < -0.4 is 29.0 Å². The molecule has 35 heavy (non-hydrogen) atoms. The van der Waals surface area contributed by atoms with Crippen LogP contribution in [-0.2, 0) is 21.2 Å². The standard InChI is InChI=1S/C25H26N2O7S/c1-31-21-10-4-17(14-23(21)32-2)15-25(28)26-18-5-7-19(8-6-18)27-35(29,30)20-9-11-22-24(16-20)34-13-3-12-33-22/h4-11,14,16,27H,3,12-13,15H2,1-2H3,(H,26,28). The summed E-state index contributed by atoms with van der Waals surface area (Å²) in [5.74, 6) is 1.83. The van der Waals surface area contributed by atoms with Gasteiger partial charge in [-0.25, -0.2) is 8.42 Å². The number of benzene rings is 3. The van der Waals surface area contributed by atoms with Gasteiger partial charge in [0.25, 0.3) is 10.0 Å². The molecule has 0 saturated carbocycles. The van der Waals surface area contributed by atoms with Crippen molar-refractivity contribution >= 4 is 27.3 Å². The maximum absolute atomic E-state index is 12.8. The number of ether oxygens (including phenoxy) is 4. The lowest BCUT2D eigenvalue weighted by atomic mass is 10.1. The smallest absolute Gasteiger partial charge is 0.262 e. The highest BCUT2D eigenvalue weighted by Crippen LogP contribution is 2.32. The zero-order valence-corrected chi connectivity index (χ0v) is 20.2. The Kier molecular flexibility index (Phi) is 7.31. The predicted octanol–water partition coefficient (Wildman–Crippen LogP) is 3.85. The Hall–Kier alpha value is -3.92. The van der Waals surface area contributed by atoms with Crippen LogP contribution in [0, 0.1) is 0 Å². The van der Waals surface area contributed by atoms with Crippen LogP contribution in [0.2, 0.25) is 0 Å². The van der Waals surface area contributed by atoms with Gasteiger partial charge in [-0.1, -0.05) is 6.07 Å². The lowest BCUT2D eigenvalue weighted by Crippen LogP contribution is -2.15. The Bertz CT molecular complexity index is 1310. The maximum Gasteiger partial charge on any atom is 0.262 e. The second-order valence-electron chi connectivity index (χ2n) is 7.76. The van der Waals surface area contributed by atoms with Crippen LogP contribution in [0.5, 0.6) is 23.0 Å². The van der Waals surface area contributed by atoms with Gasteiger partial charge in [0.2, 0.25) is 5.91 Å². The van der Waals surface area contributed by atoms with E-state index in [1.807, 2.05) is 0 Å². The molecule has 4 rings (SSSR count). The largest absolute Gasteiger partial charge is 0.493 e. The van der Waals surface area contributed by atoms with Crippen molar-refractivity contribution in [2.75, 3.05) is 37.5 Å². The van der Waals surface area contributed by atoms with Crippen molar-refractivity contribution in [1.82, 2.24) is 0 Å². The van der Waals surface area contributed by atoms with E-state index in [-0.39, 0.29) is 17.2 Å². The minimum absolute atomic E-state index is 0.0639. The Morgan fingerprint density at radius 2 is 1.54 bits per heavy atom. The van der Waals surface area contributed by atoms with Crippen LogP contribution in [0.15, 0.2) is 65.6 Å². The molecule has 2 N–H and O–H groups in total. The van der Waals surface area contributed by atoms with Gasteiger partial charge in [-0.3, -0.25) is 9.52 Å². The van der Waals surface area contributed by atoms with Crippen molar-refractivity contribution in [1.29, 1.82) is 0 Å². The molecule has 0 atom stereocenters. The lowest BCUT2D eigenvalue weighted by molar-refractivity contribution is -0.115. The summed E-state index contributed by atoms with van der Waals surface area (Å²) in [6.07, 6.45) is 0.866. The number of sulfonamides is 1. The lowest BCUT2D eigenvalue weighted by Gasteiger charge is -2.12. The fourth-order valence-electron chi connectivity index (χ4n) is 3.53. The first kappa shape index (κ1) is 24.2. The normalized spacial score (nSPS) is 12.9. The first-order valence-electron chi connectivity index (χ1n) is 10.9. The van der Waals surface area contributed by atoms with Gasteiger partial charge in [0, 0.05) is 23.9 Å². The van der Waals surface area contributed by atoms with E-state index in [1.165, 1.54) is 19.2 Å². The monoisotopic (exact) mass is 498 g/mol. The third kappa shape index (κ3) is 5.96. The number of methoxy groups -OCH3 is 2. The second-order valence-corrected chi connectivity index (χ2v) is 9.44. The molecule has 184 valence electrons. The van der Waals surface area contributed by atoms with Crippen LogP contribution >= 0.6 is 0 Å². The van der Waals surface area contributed by atoms with Crippen LogP contribution in [0.25, 0.3) is 0 Å². The van der Waals surface area contributed by atoms with Gasteiger partial charge < -0.3 is 24.3 Å². The van der Waals surface area contributed by atoms with Crippen LogP contribution in [0.1, 0.15) is 12.0 Å². The first-order chi connectivity index (χ1) is 16.9. The van der Waals surface area contributed by atoms with E-state index in [0.717, 1.165) is 12.0 Å². The van der Waals surface area contributed by atoms with Crippen LogP contribution in [0.4, 0.5) is 11.4 Å². The minimum atomic E-state index is -3.84. The Balaban J connectivity index is 1.39. The summed E-state index contributed by atoms with van der Waals surface area (Å²) in [6.45, 7) is 0.984. The molecule has 0 unspecified atom stereocenters. The van der Waals surface area contributed by atoms with E-state index >= 15 is 0 Å². The molecular formula is C25H26N2O7S. The van der Waals surface area contributed by atoms with Crippen molar-refractivity contribution in [2.24, 2.45) is 0 Å². The molecule has 0 fully saturated rings. The van der Waals surface area contributed by atoms with Crippen LogP contribution in [0.3, 0.4) is 0 Å². The number of rotatable bonds is 8. The third-order valence-electron chi connectivity index (χ3n) is 5.26. The highest BCUT2D eigenvalue weighted by Gasteiger charge is 2.19. The molecule has 1 aliphatic heterocycles. The Morgan fingerprint density at radius 1 is 0.857 bits per heavy atom. The Morgan fingerprint density at radius 3 is 2.26 bits per heavy atom. The van der Waals surface area contributed by atoms with Crippen molar-refractivity contribution in [2.45, 2.75) is 17.7 Å². The van der Waals surface area contributed by atoms with Gasteiger partial charge in [-0.15, -0.1) is 0 Å². The predicted molar refractivity (Wildman–Crippen MR) is 131 cm³/mol. The highest BCUT2D eigenvalue weighted by atomic mass is 32.2. The fraction of sp³-hybridized carbons (Fsp3) is 0.240. The van der Waals surface area contributed by atoms with Crippen molar-refractivity contribution in [3.63, 3.8) is 0 Å². The summed E-state index contributed by atoms with van der Waals surface area (Å²) in [7, 11) is -0.761. The second kappa shape index (κ2) is 10.6. The SMILES string of the molecule is COc1ccc(CC(=O)Nc2ccc(NS(=O)(=O)c3ccc4c(c3)OCCCO4)cc2)cc1OC. The third-order valence-corrected chi connectivity index (χ3v) is 6.64. The summed E-state index contributed by atoms with van der Waals surface area (Å²) in [6, 6.07) is 16.2. The number of hydrogen-bond acceptors (Lipinski definition) is 7. The van der Waals surface area contributed by atoms with E-state index in [0.29, 0.717) is 47.6 Å². The van der Waals surface area contributed by atoms with E-state index in [9.17, 15) is 13.2 Å². The molecule has 9 nitrogen and oxygen atoms in total. The quantitative estimate of drug-likeness (QED) is 0.485. The van der Waals surface area contributed by atoms with E-state index in [1.54, 1.807) is 55.6 Å². The van der Waals surface area contributed by atoms with E-state index in [2.05, 4.69) is 10.0 Å². The van der Waals surface area contributed by atoms with Crippen molar-refractivity contribution < 1.29 is 32.2 Å². The van der Waals surface area contributed by atoms with Crippen LogP contribution in [-0.4, -0.2) is 41.8 Å². The molecule has 0 aliphatic carbocycles. The molecule has 1 heterocycles. The molecule has 3 aromatic rings. The molecular weight excluding hydrogens is 472 g/mol. The van der Waals surface area contributed by atoms with Gasteiger partial charge in [-0.05, 0) is 54.1 Å². The molecule has 0 radical (unpaired) electrons. The molecule has 10 heteroatoms. The van der Waals surface area contributed by atoms with Gasteiger partial charge >= 0.3 is 0 Å². The zero-order valence-electron chi connectivity index (χ0n) is 19.4. The van der Waals surface area contributed by atoms with Gasteiger partial charge in [0.1, 0.15) is 0 Å². The summed E-state index contributed by atoms with van der Waals surface area (Å²) >= 11 is 0. The van der Waals surface area contributed by atoms with Gasteiger partial charge in [-0.2, -0.15) is 0 Å². The van der Waals surface area contributed by atoms with E-state index < -0.39 is 10.0 Å². The Labute approximate surface area is 204 Å². The zero-order chi connectivity index (χ0) is 24.8. The summed E-state index contributed by atoms with van der Waals surface area (Å²) < 4.78 is 49.8.